The van der Waals surface area contributed by atoms with Crippen molar-refractivity contribution in [1.82, 2.24) is 5.32 Å². The average Bonchev–Trinajstić information content (AvgIpc) is 1.85. The number of hydrogen-bond donors (Lipinski definition) is 2. The van der Waals surface area contributed by atoms with Gasteiger partial charge in [-0.25, -0.2) is 0 Å². The predicted octanol–water partition coefficient (Wildman–Crippen LogP) is 1.03. The lowest BCUT2D eigenvalue weighted by atomic mass is 9.85. The second kappa shape index (κ2) is 3.90. The van der Waals surface area contributed by atoms with Gasteiger partial charge in [-0.15, -0.1) is 0 Å². The molecule has 0 aliphatic rings. The number of nitrogens with two attached hydrogens (primary N) is 1. The Labute approximate surface area is 74.7 Å². The lowest BCUT2D eigenvalue weighted by molar-refractivity contribution is -0.111. The number of nitrogens with one attached hydrogen (secondary N) is 1. The van der Waals surface area contributed by atoms with Gasteiger partial charge in [-0.1, -0.05) is 6.92 Å². The molecule has 0 spiro atoms. The summed E-state index contributed by atoms with van der Waals surface area (Å²) < 4.78 is 0. The van der Waals surface area contributed by atoms with Gasteiger partial charge in [0.1, 0.15) is 0 Å². The maximum Gasteiger partial charge on any atom is 0.207 e. The number of rotatable bonds is 5. The molecule has 72 valence electrons. The van der Waals surface area contributed by atoms with E-state index in [4.69, 9.17) is 5.73 Å². The first kappa shape index (κ1) is 11.4. The molecule has 0 aromatic carbocycles. The van der Waals surface area contributed by atoms with Gasteiger partial charge in [0.15, 0.2) is 0 Å². The largest absolute Gasteiger partial charge is 0.354 e. The lowest BCUT2D eigenvalue weighted by Gasteiger charge is -2.33. The van der Waals surface area contributed by atoms with Crippen molar-refractivity contribution in [1.29, 1.82) is 0 Å². The number of carbonyl (C=O) groups excluding carboxylic acids is 1. The van der Waals surface area contributed by atoms with Crippen LogP contribution in [0.3, 0.4) is 0 Å². The first-order valence-electron chi connectivity index (χ1n) is 4.33. The summed E-state index contributed by atoms with van der Waals surface area (Å²) in [4.78, 5) is 10.2. The fraction of sp³-hybridized carbons (Fsp3) is 0.889. The van der Waals surface area contributed by atoms with Crippen molar-refractivity contribution < 1.29 is 4.79 Å². The van der Waals surface area contributed by atoms with Gasteiger partial charge in [0.05, 0.1) is 0 Å². The van der Waals surface area contributed by atoms with Crippen LogP contribution in [0, 0.1) is 0 Å². The highest BCUT2D eigenvalue weighted by molar-refractivity contribution is 5.47. The highest BCUT2D eigenvalue weighted by Gasteiger charge is 2.27. The predicted molar refractivity (Wildman–Crippen MR) is 50.8 cm³/mol. The highest BCUT2D eigenvalue weighted by atomic mass is 16.1. The normalized spacial score (nSPS) is 16.8. The van der Waals surface area contributed by atoms with E-state index in [-0.39, 0.29) is 11.1 Å². The van der Waals surface area contributed by atoms with Crippen LogP contribution < -0.4 is 11.1 Å². The minimum absolute atomic E-state index is 0.195. The summed E-state index contributed by atoms with van der Waals surface area (Å²) in [7, 11) is 0. The number of hydrogen-bond acceptors (Lipinski definition) is 2. The molecule has 1 amide bonds. The molecule has 0 heterocycles. The Balaban J connectivity index is 4.12. The summed E-state index contributed by atoms with van der Waals surface area (Å²) in [6, 6.07) is 0. The number of amides is 1. The van der Waals surface area contributed by atoms with E-state index in [9.17, 15) is 4.79 Å². The molecule has 0 rings (SSSR count). The molecule has 0 saturated carbocycles. The zero-order valence-corrected chi connectivity index (χ0v) is 8.48. The van der Waals surface area contributed by atoms with E-state index < -0.39 is 0 Å². The van der Waals surface area contributed by atoms with Gasteiger partial charge in [-0.3, -0.25) is 4.79 Å². The van der Waals surface area contributed by atoms with Crippen LogP contribution in [0.2, 0.25) is 0 Å². The summed E-state index contributed by atoms with van der Waals surface area (Å²) in [5, 5.41) is 2.75. The van der Waals surface area contributed by atoms with Crippen LogP contribution in [0.1, 0.15) is 40.5 Å². The molecule has 0 aliphatic carbocycles. The van der Waals surface area contributed by atoms with E-state index in [2.05, 4.69) is 12.2 Å². The second-order valence-corrected chi connectivity index (χ2v) is 4.33. The van der Waals surface area contributed by atoms with E-state index in [0.29, 0.717) is 0 Å². The van der Waals surface area contributed by atoms with Crippen molar-refractivity contribution in [3.05, 3.63) is 0 Å². The van der Waals surface area contributed by atoms with Crippen molar-refractivity contribution in [3.8, 4) is 0 Å². The molecule has 0 aromatic rings. The molecule has 3 N–H and O–H groups in total. The van der Waals surface area contributed by atoms with Gasteiger partial charge >= 0.3 is 0 Å². The fourth-order valence-electron chi connectivity index (χ4n) is 1.35. The Kier molecular flexibility index (Phi) is 3.71. The lowest BCUT2D eigenvalue weighted by Crippen LogP contribution is -2.49. The fourth-order valence-corrected chi connectivity index (χ4v) is 1.35. The minimum Gasteiger partial charge on any atom is -0.354 e. The third-order valence-electron chi connectivity index (χ3n) is 2.10. The summed E-state index contributed by atoms with van der Waals surface area (Å²) in [6.07, 6.45) is 2.43. The molecule has 0 aliphatic heterocycles. The Morgan fingerprint density at radius 3 is 2.25 bits per heavy atom. The van der Waals surface area contributed by atoms with Crippen LogP contribution in [-0.4, -0.2) is 17.5 Å². The molecule has 0 aromatic heterocycles. The summed E-state index contributed by atoms with van der Waals surface area (Å²) in [5.74, 6) is 0. The Morgan fingerprint density at radius 2 is 1.92 bits per heavy atom. The van der Waals surface area contributed by atoms with Gasteiger partial charge in [0.2, 0.25) is 6.41 Å². The highest BCUT2D eigenvalue weighted by Crippen LogP contribution is 2.19. The van der Waals surface area contributed by atoms with Crippen LogP contribution in [0.15, 0.2) is 0 Å². The first-order chi connectivity index (χ1) is 5.33. The molecule has 1 atom stereocenters. The van der Waals surface area contributed by atoms with Crippen molar-refractivity contribution >= 4 is 6.41 Å². The van der Waals surface area contributed by atoms with E-state index in [0.717, 1.165) is 19.3 Å². The Morgan fingerprint density at radius 1 is 1.42 bits per heavy atom. The third kappa shape index (κ3) is 4.34. The van der Waals surface area contributed by atoms with E-state index in [1.54, 1.807) is 0 Å². The van der Waals surface area contributed by atoms with Gasteiger partial charge in [0, 0.05) is 11.1 Å². The maximum absolute atomic E-state index is 10.2. The summed E-state index contributed by atoms with van der Waals surface area (Å²) in [5.41, 5.74) is 5.57. The molecule has 1 unspecified atom stereocenters. The van der Waals surface area contributed by atoms with Crippen LogP contribution in [-0.2, 0) is 4.79 Å². The second-order valence-electron chi connectivity index (χ2n) is 4.33. The summed E-state index contributed by atoms with van der Waals surface area (Å²) >= 11 is 0. The van der Waals surface area contributed by atoms with Gasteiger partial charge < -0.3 is 11.1 Å². The quantitative estimate of drug-likeness (QED) is 0.608. The van der Waals surface area contributed by atoms with Gasteiger partial charge in [-0.2, -0.15) is 0 Å². The molecule has 0 radical (unpaired) electrons. The van der Waals surface area contributed by atoms with Gasteiger partial charge in [-0.05, 0) is 33.6 Å². The molecule has 12 heavy (non-hydrogen) atoms. The smallest absolute Gasteiger partial charge is 0.207 e. The molecule has 0 saturated heterocycles. The molecule has 3 nitrogen and oxygen atoms in total. The Hall–Kier alpha value is -0.570. The van der Waals surface area contributed by atoms with Crippen LogP contribution in [0.25, 0.3) is 0 Å². The summed E-state index contributed by atoms with van der Waals surface area (Å²) in [6.45, 7) is 8.00. The first-order valence-corrected chi connectivity index (χ1v) is 4.33. The van der Waals surface area contributed by atoms with E-state index in [1.165, 1.54) is 0 Å². The van der Waals surface area contributed by atoms with Crippen LogP contribution in [0.5, 0.6) is 0 Å². The maximum atomic E-state index is 10.2. The monoisotopic (exact) mass is 172 g/mol. The molecule has 0 bridgehead atoms. The van der Waals surface area contributed by atoms with Gasteiger partial charge in [0.25, 0.3) is 0 Å². The van der Waals surface area contributed by atoms with Crippen molar-refractivity contribution in [2.75, 3.05) is 0 Å². The SMILES string of the molecule is CCC(C)(N)CC(C)(C)NC=O. The van der Waals surface area contributed by atoms with Crippen LogP contribution >= 0.6 is 0 Å². The average molecular weight is 172 g/mol. The molecule has 3 heteroatoms. The zero-order valence-electron chi connectivity index (χ0n) is 8.48. The van der Waals surface area contributed by atoms with Crippen molar-refractivity contribution in [3.63, 3.8) is 0 Å². The van der Waals surface area contributed by atoms with Crippen LogP contribution in [0.4, 0.5) is 0 Å². The zero-order chi connectivity index (χ0) is 9.83. The minimum atomic E-state index is -0.207. The van der Waals surface area contributed by atoms with Crippen molar-refractivity contribution in [2.45, 2.75) is 51.6 Å². The van der Waals surface area contributed by atoms with E-state index >= 15 is 0 Å². The molecular formula is C9H20N2O. The molecular weight excluding hydrogens is 152 g/mol. The topological polar surface area (TPSA) is 55.1 Å². The molecule has 0 fully saturated rings. The standard InChI is InChI=1S/C9H20N2O/c1-5-9(4,10)6-8(2,3)11-7-12/h7H,5-6,10H2,1-4H3,(H,11,12). The Bertz CT molecular complexity index is 153. The van der Waals surface area contributed by atoms with Crippen molar-refractivity contribution in [2.24, 2.45) is 5.73 Å². The van der Waals surface area contributed by atoms with E-state index in [1.807, 2.05) is 20.8 Å². The number of carbonyl (C=O) groups is 1. The third-order valence-corrected chi connectivity index (χ3v) is 2.10.